The summed E-state index contributed by atoms with van der Waals surface area (Å²) >= 11 is 0. The first-order chi connectivity index (χ1) is 10.4. The molecule has 118 valence electrons. The lowest BCUT2D eigenvalue weighted by Crippen LogP contribution is -2.13. The number of aromatic nitrogens is 2. The van der Waals surface area contributed by atoms with Crippen molar-refractivity contribution in [3.63, 3.8) is 0 Å². The van der Waals surface area contributed by atoms with Crippen LogP contribution in [0.25, 0.3) is 0 Å². The number of hydrogen-bond acceptors (Lipinski definition) is 4. The first-order valence-corrected chi connectivity index (χ1v) is 7.28. The molecule has 0 amide bonds. The number of ether oxygens (including phenoxy) is 2. The smallest absolute Gasteiger partial charge is 0.438 e. The van der Waals surface area contributed by atoms with Gasteiger partial charge in [-0.2, -0.15) is 0 Å². The molecular formula is C17H22N2O3. The Labute approximate surface area is 130 Å². The van der Waals surface area contributed by atoms with E-state index < -0.39 is 12.4 Å². The molecule has 1 unspecified atom stereocenters. The van der Waals surface area contributed by atoms with E-state index in [0.29, 0.717) is 0 Å². The number of rotatable bonds is 4. The quantitative estimate of drug-likeness (QED) is 0.802. The predicted octanol–water partition coefficient (Wildman–Crippen LogP) is 3.95. The van der Waals surface area contributed by atoms with E-state index in [1.807, 2.05) is 6.20 Å². The Morgan fingerprint density at radius 2 is 2.00 bits per heavy atom. The minimum atomic E-state index is -0.703. The van der Waals surface area contributed by atoms with Crippen molar-refractivity contribution in [2.45, 2.75) is 39.8 Å². The number of carbonyl (C=O) groups excluding carboxylic acids is 1. The van der Waals surface area contributed by atoms with Crippen molar-refractivity contribution in [1.82, 2.24) is 9.55 Å². The molecule has 2 atom stereocenters. The van der Waals surface area contributed by atoms with Gasteiger partial charge in [-0.1, -0.05) is 25.1 Å². The average Bonchev–Trinajstić information content (AvgIpc) is 2.99. The van der Waals surface area contributed by atoms with Crippen molar-refractivity contribution < 1.29 is 14.3 Å². The van der Waals surface area contributed by atoms with E-state index in [4.69, 9.17) is 4.74 Å². The van der Waals surface area contributed by atoms with Crippen LogP contribution in [-0.4, -0.2) is 22.8 Å². The molecule has 0 aliphatic heterocycles. The van der Waals surface area contributed by atoms with Crippen LogP contribution in [0.1, 0.15) is 48.4 Å². The topological polar surface area (TPSA) is 53.4 Å². The highest BCUT2D eigenvalue weighted by Crippen LogP contribution is 2.27. The fraction of sp³-hybridized carbons (Fsp3) is 0.412. The van der Waals surface area contributed by atoms with Crippen LogP contribution >= 0.6 is 0 Å². The Kier molecular flexibility index (Phi) is 4.85. The molecule has 5 heteroatoms. The molecule has 0 radical (unpaired) electrons. The van der Waals surface area contributed by atoms with Gasteiger partial charge in [0, 0.05) is 12.1 Å². The van der Waals surface area contributed by atoms with Gasteiger partial charge in [0.05, 0.1) is 19.1 Å². The number of benzene rings is 1. The van der Waals surface area contributed by atoms with Crippen LogP contribution in [0.5, 0.6) is 0 Å². The summed E-state index contributed by atoms with van der Waals surface area (Å²) in [5, 5.41) is 0. The van der Waals surface area contributed by atoms with E-state index in [1.165, 1.54) is 23.8 Å². The van der Waals surface area contributed by atoms with Gasteiger partial charge in [0.15, 0.2) is 6.23 Å². The molecular weight excluding hydrogens is 280 g/mol. The molecule has 0 fully saturated rings. The van der Waals surface area contributed by atoms with Gasteiger partial charge < -0.3 is 14.0 Å². The molecule has 2 aromatic rings. The Bertz CT molecular complexity index is 664. The monoisotopic (exact) mass is 302 g/mol. The number of hydrogen-bond donors (Lipinski definition) is 0. The van der Waals surface area contributed by atoms with Crippen LogP contribution in [0.15, 0.2) is 30.7 Å². The maximum atomic E-state index is 11.2. The first kappa shape index (κ1) is 16.1. The summed E-state index contributed by atoms with van der Waals surface area (Å²) < 4.78 is 11.3. The molecule has 1 aromatic heterocycles. The second-order valence-corrected chi connectivity index (χ2v) is 5.43. The molecule has 0 N–H and O–H groups in total. The molecule has 5 nitrogen and oxygen atoms in total. The molecule has 1 heterocycles. The summed E-state index contributed by atoms with van der Waals surface area (Å²) in [6, 6.07) is 6.30. The van der Waals surface area contributed by atoms with Crippen LogP contribution in [0.2, 0.25) is 0 Å². The van der Waals surface area contributed by atoms with Crippen molar-refractivity contribution in [3.05, 3.63) is 53.1 Å². The third-order valence-corrected chi connectivity index (χ3v) is 4.03. The first-order valence-electron chi connectivity index (χ1n) is 7.28. The van der Waals surface area contributed by atoms with E-state index in [0.717, 1.165) is 5.69 Å². The molecule has 0 bridgehead atoms. The van der Waals surface area contributed by atoms with Gasteiger partial charge in [-0.15, -0.1) is 0 Å². The van der Waals surface area contributed by atoms with E-state index >= 15 is 0 Å². The zero-order valence-corrected chi connectivity index (χ0v) is 13.7. The molecule has 1 aromatic carbocycles. The minimum absolute atomic E-state index is 0.173. The number of aryl methyl sites for hydroxylation is 1. The zero-order valence-electron chi connectivity index (χ0n) is 13.7. The number of nitrogens with zero attached hydrogens (tertiary/aromatic N) is 2. The summed E-state index contributed by atoms with van der Waals surface area (Å²) in [4.78, 5) is 15.6. The van der Waals surface area contributed by atoms with Crippen molar-refractivity contribution in [2.75, 3.05) is 7.11 Å². The van der Waals surface area contributed by atoms with E-state index in [2.05, 4.69) is 48.7 Å². The Balaban J connectivity index is 2.20. The summed E-state index contributed by atoms with van der Waals surface area (Å²) in [6.07, 6.45) is 2.41. The highest BCUT2D eigenvalue weighted by Gasteiger charge is 2.17. The van der Waals surface area contributed by atoms with Crippen molar-refractivity contribution >= 4 is 6.16 Å². The lowest BCUT2D eigenvalue weighted by atomic mass is 9.92. The Hall–Kier alpha value is -2.30. The molecule has 0 saturated carbocycles. The fourth-order valence-electron chi connectivity index (χ4n) is 2.43. The summed E-state index contributed by atoms with van der Waals surface area (Å²) in [7, 11) is 1.29. The summed E-state index contributed by atoms with van der Waals surface area (Å²) in [5.41, 5.74) is 4.75. The standard InChI is InChI=1S/C17H22N2O3/c1-11-7-6-8-15(12(11)2)13(3)16-9-19(10-18-16)14(4)22-17(20)21-5/h6-10,13-14H,1-5H3/t13-,14?/m0/s1. The van der Waals surface area contributed by atoms with Gasteiger partial charge >= 0.3 is 6.16 Å². The second-order valence-electron chi connectivity index (χ2n) is 5.43. The predicted molar refractivity (Wildman–Crippen MR) is 83.9 cm³/mol. The number of imidazole rings is 1. The molecule has 0 aliphatic carbocycles. The van der Waals surface area contributed by atoms with Crippen LogP contribution in [0, 0.1) is 13.8 Å². The zero-order chi connectivity index (χ0) is 16.3. The highest BCUT2D eigenvalue weighted by molar-refractivity contribution is 5.59. The van der Waals surface area contributed by atoms with Gasteiger partial charge in [0.1, 0.15) is 0 Å². The molecule has 0 aliphatic rings. The summed E-state index contributed by atoms with van der Waals surface area (Å²) in [5.74, 6) is 0.173. The SMILES string of the molecule is COC(=O)OC(C)n1cnc([C@@H](C)c2cccc(C)c2C)c1. The van der Waals surface area contributed by atoms with Crippen LogP contribution < -0.4 is 0 Å². The van der Waals surface area contributed by atoms with Gasteiger partial charge in [0.2, 0.25) is 0 Å². The fourth-order valence-corrected chi connectivity index (χ4v) is 2.43. The maximum Gasteiger partial charge on any atom is 0.509 e. The van der Waals surface area contributed by atoms with Gasteiger partial charge in [-0.05, 0) is 37.5 Å². The number of methoxy groups -OCH3 is 1. The maximum absolute atomic E-state index is 11.2. The van der Waals surface area contributed by atoms with E-state index in [1.54, 1.807) is 17.8 Å². The molecule has 2 rings (SSSR count). The lowest BCUT2D eigenvalue weighted by molar-refractivity contribution is 0.0154. The Morgan fingerprint density at radius 1 is 1.27 bits per heavy atom. The largest absolute Gasteiger partial charge is 0.509 e. The molecule has 0 spiro atoms. The highest BCUT2D eigenvalue weighted by atomic mass is 16.7. The van der Waals surface area contributed by atoms with Crippen LogP contribution in [0.4, 0.5) is 4.79 Å². The average molecular weight is 302 g/mol. The van der Waals surface area contributed by atoms with E-state index in [-0.39, 0.29) is 5.92 Å². The molecule has 0 saturated heterocycles. The van der Waals surface area contributed by atoms with E-state index in [9.17, 15) is 4.79 Å². The summed E-state index contributed by atoms with van der Waals surface area (Å²) in [6.45, 7) is 8.13. The van der Waals surface area contributed by atoms with Crippen molar-refractivity contribution in [1.29, 1.82) is 0 Å². The van der Waals surface area contributed by atoms with Gasteiger partial charge in [-0.3, -0.25) is 0 Å². The lowest BCUT2D eigenvalue weighted by Gasteiger charge is -2.15. The second kappa shape index (κ2) is 6.64. The Morgan fingerprint density at radius 3 is 2.68 bits per heavy atom. The molecule has 22 heavy (non-hydrogen) atoms. The van der Waals surface area contributed by atoms with Crippen LogP contribution in [-0.2, 0) is 9.47 Å². The van der Waals surface area contributed by atoms with Crippen LogP contribution in [0.3, 0.4) is 0 Å². The van der Waals surface area contributed by atoms with Gasteiger partial charge in [0.25, 0.3) is 0 Å². The van der Waals surface area contributed by atoms with Crippen molar-refractivity contribution in [3.8, 4) is 0 Å². The van der Waals surface area contributed by atoms with Gasteiger partial charge in [-0.25, -0.2) is 9.78 Å². The third kappa shape index (κ3) is 3.30. The minimum Gasteiger partial charge on any atom is -0.438 e. The van der Waals surface area contributed by atoms with Crippen molar-refractivity contribution in [2.24, 2.45) is 0 Å². The normalized spacial score (nSPS) is 13.5. The number of carbonyl (C=O) groups is 1. The third-order valence-electron chi connectivity index (χ3n) is 4.03.